The van der Waals surface area contributed by atoms with E-state index >= 15 is 0 Å². The number of benzene rings is 1. The summed E-state index contributed by atoms with van der Waals surface area (Å²) < 4.78 is 5.52. The van der Waals surface area contributed by atoms with Crippen LogP contribution in [0.4, 0.5) is 0 Å². The third kappa shape index (κ3) is 3.32. The number of hydrogen-bond donors (Lipinski definition) is 1. The molecular formula is C17H23NO3. The molecule has 1 saturated heterocycles. The van der Waals surface area contributed by atoms with Crippen LogP contribution in [0, 0.1) is 5.41 Å². The molecule has 1 fully saturated rings. The lowest BCUT2D eigenvalue weighted by Gasteiger charge is -2.44. The molecule has 0 aliphatic carbocycles. The van der Waals surface area contributed by atoms with Crippen molar-refractivity contribution in [1.82, 2.24) is 5.32 Å². The Bertz CT molecular complexity index is 538. The van der Waals surface area contributed by atoms with Crippen LogP contribution in [-0.2, 0) is 14.3 Å². The molecule has 2 amide bonds. The smallest absolute Gasteiger partial charge is 0.234 e. The van der Waals surface area contributed by atoms with Crippen LogP contribution in [0.2, 0.25) is 0 Å². The van der Waals surface area contributed by atoms with Gasteiger partial charge in [0, 0.05) is 13.5 Å². The highest BCUT2D eigenvalue weighted by molar-refractivity contribution is 6.02. The average Bonchev–Trinajstić information content (AvgIpc) is 2.37. The number of carbonyl (C=O) groups excluding carboxylic acids is 2. The molecule has 2 unspecified atom stereocenters. The number of rotatable bonds is 4. The van der Waals surface area contributed by atoms with E-state index in [-0.39, 0.29) is 23.3 Å². The molecule has 1 N–H and O–H groups in total. The molecular weight excluding hydrogens is 266 g/mol. The first-order valence-electron chi connectivity index (χ1n) is 7.21. The van der Waals surface area contributed by atoms with Crippen LogP contribution in [-0.4, -0.2) is 24.5 Å². The van der Waals surface area contributed by atoms with Gasteiger partial charge in [0.15, 0.2) is 0 Å². The third-order valence-electron chi connectivity index (χ3n) is 4.30. The van der Waals surface area contributed by atoms with E-state index < -0.39 is 5.41 Å². The second kappa shape index (κ2) is 5.60. The zero-order valence-corrected chi connectivity index (χ0v) is 13.1. The quantitative estimate of drug-likeness (QED) is 0.867. The maximum Gasteiger partial charge on any atom is 0.234 e. The molecule has 0 spiro atoms. The van der Waals surface area contributed by atoms with Gasteiger partial charge < -0.3 is 4.74 Å². The van der Waals surface area contributed by atoms with E-state index in [0.29, 0.717) is 12.8 Å². The van der Waals surface area contributed by atoms with Crippen molar-refractivity contribution in [2.24, 2.45) is 5.41 Å². The van der Waals surface area contributed by atoms with Gasteiger partial charge in [-0.15, -0.1) is 0 Å². The summed E-state index contributed by atoms with van der Waals surface area (Å²) in [4.78, 5) is 24.3. The van der Waals surface area contributed by atoms with E-state index in [0.717, 1.165) is 5.56 Å². The lowest BCUT2D eigenvalue weighted by atomic mass is 9.64. The van der Waals surface area contributed by atoms with Crippen LogP contribution in [0.5, 0.6) is 0 Å². The first-order valence-corrected chi connectivity index (χ1v) is 7.21. The van der Waals surface area contributed by atoms with Crippen LogP contribution in [0.25, 0.3) is 0 Å². The third-order valence-corrected chi connectivity index (χ3v) is 4.30. The predicted molar refractivity (Wildman–Crippen MR) is 80.8 cm³/mol. The fourth-order valence-corrected chi connectivity index (χ4v) is 3.45. The van der Waals surface area contributed by atoms with Crippen LogP contribution in [0.3, 0.4) is 0 Å². The van der Waals surface area contributed by atoms with Crippen LogP contribution in [0.1, 0.15) is 45.1 Å². The molecule has 0 bridgehead atoms. The van der Waals surface area contributed by atoms with Crippen molar-refractivity contribution in [2.75, 3.05) is 7.11 Å². The topological polar surface area (TPSA) is 55.4 Å². The highest BCUT2D eigenvalue weighted by Gasteiger charge is 2.48. The van der Waals surface area contributed by atoms with E-state index in [4.69, 9.17) is 4.74 Å². The SMILES string of the molecule is COC(C)(C)CC1(C)CC(=O)NC(=O)C1c1ccccc1. The van der Waals surface area contributed by atoms with Crippen molar-refractivity contribution in [1.29, 1.82) is 0 Å². The first kappa shape index (κ1) is 15.7. The molecule has 21 heavy (non-hydrogen) atoms. The number of piperidine rings is 1. The molecule has 1 aliphatic rings. The molecule has 1 aromatic carbocycles. The monoisotopic (exact) mass is 289 g/mol. The summed E-state index contributed by atoms with van der Waals surface area (Å²) in [6.07, 6.45) is 0.959. The molecule has 4 nitrogen and oxygen atoms in total. The van der Waals surface area contributed by atoms with Crippen molar-refractivity contribution in [3.63, 3.8) is 0 Å². The summed E-state index contributed by atoms with van der Waals surface area (Å²) in [5, 5.41) is 2.47. The molecule has 114 valence electrons. The molecule has 0 aromatic heterocycles. The standard InChI is InChI=1S/C17H23NO3/c1-16(2,21-4)11-17(3)10-13(19)18-15(20)14(17)12-8-6-5-7-9-12/h5-9,14H,10-11H2,1-4H3,(H,18,19,20). The molecule has 4 heteroatoms. The number of carbonyl (C=O) groups is 2. The minimum absolute atomic E-state index is 0.207. The Morgan fingerprint density at radius 2 is 1.90 bits per heavy atom. The van der Waals surface area contributed by atoms with Crippen molar-refractivity contribution in [3.05, 3.63) is 35.9 Å². The highest BCUT2D eigenvalue weighted by Crippen LogP contribution is 2.47. The van der Waals surface area contributed by atoms with Gasteiger partial charge in [0.2, 0.25) is 11.8 Å². The van der Waals surface area contributed by atoms with E-state index in [1.54, 1.807) is 7.11 Å². The normalized spacial score (nSPS) is 26.6. The summed E-state index contributed by atoms with van der Waals surface area (Å²) in [5.74, 6) is -0.765. The van der Waals surface area contributed by atoms with Crippen LogP contribution >= 0.6 is 0 Å². The zero-order valence-electron chi connectivity index (χ0n) is 13.1. The van der Waals surface area contributed by atoms with Crippen LogP contribution in [0.15, 0.2) is 30.3 Å². The van der Waals surface area contributed by atoms with Crippen molar-refractivity contribution < 1.29 is 14.3 Å². The van der Waals surface area contributed by atoms with Crippen LogP contribution < -0.4 is 5.32 Å². The van der Waals surface area contributed by atoms with E-state index in [1.165, 1.54) is 0 Å². The van der Waals surface area contributed by atoms with Gasteiger partial charge in [0.05, 0.1) is 11.5 Å². The number of imide groups is 1. The molecule has 2 atom stereocenters. The Balaban J connectivity index is 2.42. The minimum atomic E-state index is -0.458. The van der Waals surface area contributed by atoms with Gasteiger partial charge in [-0.2, -0.15) is 0 Å². The molecule has 1 heterocycles. The maximum absolute atomic E-state index is 12.4. The lowest BCUT2D eigenvalue weighted by Crippen LogP contribution is -2.51. The fourth-order valence-electron chi connectivity index (χ4n) is 3.45. The van der Waals surface area contributed by atoms with Gasteiger partial charge >= 0.3 is 0 Å². The number of ether oxygens (including phenoxy) is 1. The van der Waals surface area contributed by atoms with Crippen molar-refractivity contribution in [3.8, 4) is 0 Å². The molecule has 0 radical (unpaired) electrons. The Hall–Kier alpha value is -1.68. The Morgan fingerprint density at radius 1 is 1.29 bits per heavy atom. The number of methoxy groups -OCH3 is 1. The van der Waals surface area contributed by atoms with E-state index in [9.17, 15) is 9.59 Å². The second-order valence-corrected chi connectivity index (χ2v) is 6.73. The van der Waals surface area contributed by atoms with Gasteiger partial charge in [-0.1, -0.05) is 37.3 Å². The Labute approximate surface area is 125 Å². The lowest BCUT2D eigenvalue weighted by molar-refractivity contribution is -0.141. The largest absolute Gasteiger partial charge is 0.379 e. The first-order chi connectivity index (χ1) is 9.77. The predicted octanol–water partition coefficient (Wildman–Crippen LogP) is 2.64. The number of hydrogen-bond acceptors (Lipinski definition) is 3. The summed E-state index contributed by atoms with van der Waals surface area (Å²) in [6.45, 7) is 5.97. The van der Waals surface area contributed by atoms with Gasteiger partial charge in [0.25, 0.3) is 0 Å². The van der Waals surface area contributed by atoms with Crippen molar-refractivity contribution >= 4 is 11.8 Å². The van der Waals surface area contributed by atoms with E-state index in [2.05, 4.69) is 5.32 Å². The summed E-state index contributed by atoms with van der Waals surface area (Å²) in [5.41, 5.74) is 0.0943. The number of amides is 2. The van der Waals surface area contributed by atoms with Gasteiger partial charge in [-0.05, 0) is 31.2 Å². The molecule has 2 rings (SSSR count). The van der Waals surface area contributed by atoms with E-state index in [1.807, 2.05) is 51.1 Å². The van der Waals surface area contributed by atoms with Crippen molar-refractivity contribution in [2.45, 2.75) is 45.1 Å². The molecule has 1 aliphatic heterocycles. The zero-order chi connectivity index (χ0) is 15.7. The van der Waals surface area contributed by atoms with Gasteiger partial charge in [-0.25, -0.2) is 0 Å². The maximum atomic E-state index is 12.4. The highest BCUT2D eigenvalue weighted by atomic mass is 16.5. The fraction of sp³-hybridized carbons (Fsp3) is 0.529. The van der Waals surface area contributed by atoms with Gasteiger partial charge in [0.1, 0.15) is 0 Å². The summed E-state index contributed by atoms with van der Waals surface area (Å²) >= 11 is 0. The summed E-state index contributed by atoms with van der Waals surface area (Å²) in [6, 6.07) is 9.64. The number of nitrogens with one attached hydrogen (secondary N) is 1. The molecule has 0 saturated carbocycles. The Kier molecular flexibility index (Phi) is 4.19. The summed E-state index contributed by atoms with van der Waals surface area (Å²) in [7, 11) is 1.66. The average molecular weight is 289 g/mol. The van der Waals surface area contributed by atoms with Gasteiger partial charge in [-0.3, -0.25) is 14.9 Å². The second-order valence-electron chi connectivity index (χ2n) is 6.73. The Morgan fingerprint density at radius 3 is 2.48 bits per heavy atom. The minimum Gasteiger partial charge on any atom is -0.379 e. The molecule has 1 aromatic rings.